The standard InChI is InChI=1S/C7H11NO3/c9-1-3-5-4(2-10)8-7(11)6(3)5/h3-6,9-10H,1-2H2,(H,8,11)/t3-,4-,5-,6-/m1/s1. The Labute approximate surface area is 64.2 Å². The van der Waals surface area contributed by atoms with Crippen LogP contribution in [-0.2, 0) is 4.79 Å². The summed E-state index contributed by atoms with van der Waals surface area (Å²) in [7, 11) is 0. The van der Waals surface area contributed by atoms with E-state index in [0.29, 0.717) is 0 Å². The lowest BCUT2D eigenvalue weighted by Crippen LogP contribution is -2.35. The SMILES string of the molecule is O=C1N[C@H](CO)[C@H]2[C@@H](CO)[C@@H]12. The quantitative estimate of drug-likeness (QED) is 0.449. The highest BCUT2D eigenvalue weighted by Crippen LogP contribution is 2.51. The summed E-state index contributed by atoms with van der Waals surface area (Å²) in [6.45, 7) is 0.0582. The van der Waals surface area contributed by atoms with Crippen molar-refractivity contribution in [2.75, 3.05) is 13.2 Å². The van der Waals surface area contributed by atoms with Crippen LogP contribution in [0.25, 0.3) is 0 Å². The maximum Gasteiger partial charge on any atom is 0.224 e. The molecule has 0 aromatic carbocycles. The predicted octanol–water partition coefficient (Wildman–Crippen LogP) is -1.67. The van der Waals surface area contributed by atoms with E-state index in [1.165, 1.54) is 0 Å². The van der Waals surface area contributed by atoms with Crippen molar-refractivity contribution < 1.29 is 15.0 Å². The zero-order valence-electron chi connectivity index (χ0n) is 6.03. The van der Waals surface area contributed by atoms with E-state index in [4.69, 9.17) is 10.2 Å². The number of fused-ring (bicyclic) bond motifs is 1. The number of carbonyl (C=O) groups excluding carboxylic acids is 1. The minimum absolute atomic E-state index is 0.00639. The molecule has 2 rings (SSSR count). The fraction of sp³-hybridized carbons (Fsp3) is 0.857. The molecule has 0 aromatic heterocycles. The summed E-state index contributed by atoms with van der Waals surface area (Å²) in [5.41, 5.74) is 0. The molecule has 1 saturated carbocycles. The van der Waals surface area contributed by atoms with Crippen LogP contribution >= 0.6 is 0 Å². The Morgan fingerprint density at radius 1 is 1.36 bits per heavy atom. The molecule has 1 aliphatic heterocycles. The van der Waals surface area contributed by atoms with Crippen LogP contribution < -0.4 is 5.32 Å². The van der Waals surface area contributed by atoms with E-state index in [0.717, 1.165) is 0 Å². The smallest absolute Gasteiger partial charge is 0.224 e. The maximum atomic E-state index is 11.0. The van der Waals surface area contributed by atoms with Gasteiger partial charge in [0.25, 0.3) is 0 Å². The van der Waals surface area contributed by atoms with Crippen molar-refractivity contribution in [3.63, 3.8) is 0 Å². The second kappa shape index (κ2) is 2.19. The van der Waals surface area contributed by atoms with E-state index in [1.54, 1.807) is 0 Å². The Morgan fingerprint density at radius 2 is 2.09 bits per heavy atom. The number of rotatable bonds is 2. The van der Waals surface area contributed by atoms with Gasteiger partial charge >= 0.3 is 0 Å². The van der Waals surface area contributed by atoms with Gasteiger partial charge < -0.3 is 15.5 Å². The summed E-state index contributed by atoms with van der Waals surface area (Å²) in [5, 5.41) is 20.2. The Bertz CT molecular complexity index is 194. The second-order valence-electron chi connectivity index (χ2n) is 3.25. The highest BCUT2D eigenvalue weighted by atomic mass is 16.3. The van der Waals surface area contributed by atoms with Gasteiger partial charge in [0, 0.05) is 12.5 Å². The summed E-state index contributed by atoms with van der Waals surface area (Å²) in [6.07, 6.45) is 0. The molecule has 4 atom stereocenters. The Hall–Kier alpha value is -0.610. The van der Waals surface area contributed by atoms with Crippen molar-refractivity contribution in [2.45, 2.75) is 6.04 Å². The monoisotopic (exact) mass is 157 g/mol. The summed E-state index contributed by atoms with van der Waals surface area (Å²) < 4.78 is 0. The van der Waals surface area contributed by atoms with Gasteiger partial charge in [-0.25, -0.2) is 0 Å². The maximum absolute atomic E-state index is 11.0. The molecule has 3 N–H and O–H groups in total. The molecule has 4 nitrogen and oxygen atoms in total. The van der Waals surface area contributed by atoms with Gasteiger partial charge in [-0.2, -0.15) is 0 Å². The van der Waals surface area contributed by atoms with Crippen LogP contribution in [0.2, 0.25) is 0 Å². The first-order valence-corrected chi connectivity index (χ1v) is 3.81. The summed E-state index contributed by atoms with van der Waals surface area (Å²) in [6, 6.07) is -0.107. The van der Waals surface area contributed by atoms with Crippen LogP contribution in [0.1, 0.15) is 0 Å². The molecule has 0 aromatic rings. The molecule has 0 radical (unpaired) electrons. The van der Waals surface area contributed by atoms with Gasteiger partial charge in [-0.15, -0.1) is 0 Å². The normalized spacial score (nSPS) is 46.9. The molecule has 0 spiro atoms. The van der Waals surface area contributed by atoms with Crippen LogP contribution in [0, 0.1) is 17.8 Å². The third-order valence-corrected chi connectivity index (χ3v) is 2.73. The van der Waals surface area contributed by atoms with Crippen molar-refractivity contribution in [3.05, 3.63) is 0 Å². The third-order valence-electron chi connectivity index (χ3n) is 2.73. The first-order valence-electron chi connectivity index (χ1n) is 3.81. The third kappa shape index (κ3) is 0.795. The zero-order chi connectivity index (χ0) is 8.01. The van der Waals surface area contributed by atoms with Crippen LogP contribution in [0.4, 0.5) is 0 Å². The van der Waals surface area contributed by atoms with Crippen molar-refractivity contribution in [3.8, 4) is 0 Å². The molecule has 11 heavy (non-hydrogen) atoms. The van der Waals surface area contributed by atoms with Gasteiger partial charge in [-0.3, -0.25) is 4.79 Å². The van der Waals surface area contributed by atoms with Crippen LogP contribution in [0.3, 0.4) is 0 Å². The van der Waals surface area contributed by atoms with Crippen molar-refractivity contribution >= 4 is 5.91 Å². The lowest BCUT2D eigenvalue weighted by Gasteiger charge is -2.10. The van der Waals surface area contributed by atoms with Crippen LogP contribution in [0.15, 0.2) is 0 Å². The number of aliphatic hydroxyl groups is 2. The summed E-state index contributed by atoms with van der Waals surface area (Å²) in [4.78, 5) is 11.0. The number of hydrogen-bond acceptors (Lipinski definition) is 3. The number of nitrogens with one attached hydrogen (secondary N) is 1. The fourth-order valence-corrected chi connectivity index (χ4v) is 2.10. The van der Waals surface area contributed by atoms with E-state index in [9.17, 15) is 4.79 Å². The van der Waals surface area contributed by atoms with Crippen molar-refractivity contribution in [2.24, 2.45) is 17.8 Å². The zero-order valence-corrected chi connectivity index (χ0v) is 6.03. The molecular weight excluding hydrogens is 146 g/mol. The number of piperidine rings is 1. The van der Waals surface area contributed by atoms with Gasteiger partial charge in [0.2, 0.25) is 5.91 Å². The number of aliphatic hydroxyl groups excluding tert-OH is 2. The molecule has 1 amide bonds. The molecule has 1 heterocycles. The van der Waals surface area contributed by atoms with E-state index in [1.807, 2.05) is 0 Å². The highest BCUT2D eigenvalue weighted by Gasteiger charge is 2.62. The number of hydrogen-bond donors (Lipinski definition) is 3. The van der Waals surface area contributed by atoms with E-state index in [2.05, 4.69) is 5.32 Å². The first kappa shape index (κ1) is 7.06. The average molecular weight is 157 g/mol. The van der Waals surface area contributed by atoms with E-state index >= 15 is 0 Å². The lowest BCUT2D eigenvalue weighted by molar-refractivity contribution is -0.122. The van der Waals surface area contributed by atoms with Gasteiger partial charge in [-0.1, -0.05) is 0 Å². The van der Waals surface area contributed by atoms with Crippen molar-refractivity contribution in [1.82, 2.24) is 5.32 Å². The highest BCUT2D eigenvalue weighted by molar-refractivity contribution is 5.85. The molecule has 0 unspecified atom stereocenters. The largest absolute Gasteiger partial charge is 0.396 e. The molecule has 1 saturated heterocycles. The average Bonchev–Trinajstić information content (AvgIpc) is 2.65. The van der Waals surface area contributed by atoms with Gasteiger partial charge in [0.1, 0.15) is 0 Å². The fourth-order valence-electron chi connectivity index (χ4n) is 2.10. The topological polar surface area (TPSA) is 69.6 Å². The second-order valence-corrected chi connectivity index (χ2v) is 3.25. The number of carbonyl (C=O) groups is 1. The van der Waals surface area contributed by atoms with Gasteiger partial charge in [0.15, 0.2) is 0 Å². The van der Waals surface area contributed by atoms with Crippen LogP contribution in [0.5, 0.6) is 0 Å². The summed E-state index contributed by atoms with van der Waals surface area (Å²) >= 11 is 0. The van der Waals surface area contributed by atoms with Gasteiger partial charge in [0.05, 0.1) is 12.6 Å². The van der Waals surface area contributed by atoms with E-state index < -0.39 is 0 Å². The Morgan fingerprint density at radius 3 is 2.55 bits per heavy atom. The first-order chi connectivity index (χ1) is 5.29. The lowest BCUT2D eigenvalue weighted by atomic mass is 10.2. The predicted molar refractivity (Wildman–Crippen MR) is 36.6 cm³/mol. The number of amides is 1. The molecule has 2 fully saturated rings. The van der Waals surface area contributed by atoms with Crippen LogP contribution in [-0.4, -0.2) is 35.4 Å². The van der Waals surface area contributed by atoms with Crippen molar-refractivity contribution in [1.29, 1.82) is 0 Å². The van der Waals surface area contributed by atoms with E-state index in [-0.39, 0.29) is 42.9 Å². The molecule has 0 bridgehead atoms. The molecule has 62 valence electrons. The molecule has 4 heteroatoms. The summed E-state index contributed by atoms with van der Waals surface area (Å²) in [5.74, 6) is 0.281. The Kier molecular flexibility index (Phi) is 1.40. The van der Waals surface area contributed by atoms with Gasteiger partial charge in [-0.05, 0) is 11.8 Å². The molecule has 2 aliphatic rings. The molecule has 1 aliphatic carbocycles. The Balaban J connectivity index is 2.06. The minimum Gasteiger partial charge on any atom is -0.396 e. The minimum atomic E-state index is -0.107. The molecular formula is C7H11NO3.